The second-order valence-electron chi connectivity index (χ2n) is 1.33. The van der Waals surface area contributed by atoms with Gasteiger partial charge >= 0.3 is 5.70 Å². The number of allylic oxidation sites excluding steroid dienone is 1. The highest BCUT2D eigenvalue weighted by atomic mass is 16.6. The zero-order valence-corrected chi connectivity index (χ0v) is 5.40. The minimum atomic E-state index is -0.796. The smallest absolute Gasteiger partial charge is 0.379 e. The molecule has 0 aliphatic rings. The molecule has 0 aromatic rings. The monoisotopic (exact) mass is 142 g/mol. The Hall–Kier alpha value is -1.57. The van der Waals surface area contributed by atoms with E-state index in [0.29, 0.717) is 6.61 Å². The fourth-order valence-electron chi connectivity index (χ4n) is 0.272. The van der Waals surface area contributed by atoms with Crippen LogP contribution < -0.4 is 0 Å². The minimum Gasteiger partial charge on any atom is -0.493 e. The summed E-state index contributed by atoms with van der Waals surface area (Å²) in [6, 6.07) is 1.37. The SMILES string of the molecule is CCOC=C(C#N)[N+](=O)[O-]. The molecule has 0 aromatic heterocycles. The first-order valence-electron chi connectivity index (χ1n) is 2.58. The van der Waals surface area contributed by atoms with Crippen LogP contribution in [0, 0.1) is 21.4 Å². The summed E-state index contributed by atoms with van der Waals surface area (Å²) in [5.41, 5.74) is -0.582. The first-order chi connectivity index (χ1) is 4.72. The van der Waals surface area contributed by atoms with Crippen LogP contribution in [-0.2, 0) is 4.74 Å². The maximum Gasteiger partial charge on any atom is 0.379 e. The predicted molar refractivity (Wildman–Crippen MR) is 32.3 cm³/mol. The summed E-state index contributed by atoms with van der Waals surface area (Å²) in [7, 11) is 0. The molecule has 0 saturated carbocycles. The van der Waals surface area contributed by atoms with Crippen molar-refractivity contribution in [3.63, 3.8) is 0 Å². The Kier molecular flexibility index (Phi) is 3.64. The van der Waals surface area contributed by atoms with Gasteiger partial charge < -0.3 is 4.74 Å². The molecule has 54 valence electrons. The van der Waals surface area contributed by atoms with Crippen LogP contribution in [0.25, 0.3) is 0 Å². The van der Waals surface area contributed by atoms with E-state index in [1.165, 1.54) is 6.07 Å². The van der Waals surface area contributed by atoms with Gasteiger partial charge in [-0.3, -0.25) is 10.1 Å². The highest BCUT2D eigenvalue weighted by molar-refractivity contribution is 5.08. The molecule has 0 aliphatic carbocycles. The lowest BCUT2D eigenvalue weighted by atomic mass is 10.6. The van der Waals surface area contributed by atoms with E-state index in [2.05, 4.69) is 4.74 Å². The molecule has 0 spiro atoms. The summed E-state index contributed by atoms with van der Waals surface area (Å²) >= 11 is 0. The van der Waals surface area contributed by atoms with E-state index in [1.807, 2.05) is 0 Å². The summed E-state index contributed by atoms with van der Waals surface area (Å²) in [6.45, 7) is 1.99. The fourth-order valence-corrected chi connectivity index (χ4v) is 0.272. The topological polar surface area (TPSA) is 76.2 Å². The van der Waals surface area contributed by atoms with Crippen molar-refractivity contribution in [2.45, 2.75) is 6.92 Å². The minimum absolute atomic E-state index is 0.318. The Balaban J connectivity index is 4.09. The number of nitriles is 1. The maximum absolute atomic E-state index is 9.87. The molecule has 0 atom stereocenters. The van der Waals surface area contributed by atoms with Crippen LogP contribution in [0.4, 0.5) is 0 Å². The summed E-state index contributed by atoms with van der Waals surface area (Å²) in [4.78, 5) is 9.08. The van der Waals surface area contributed by atoms with E-state index in [0.717, 1.165) is 6.26 Å². The predicted octanol–water partition coefficient (Wildman–Crippen LogP) is 0.665. The number of ether oxygens (including phenoxy) is 1. The maximum atomic E-state index is 9.87. The third kappa shape index (κ3) is 2.67. The molecule has 0 aromatic carbocycles. The fraction of sp³-hybridized carbons (Fsp3) is 0.400. The van der Waals surface area contributed by atoms with Crippen molar-refractivity contribution in [2.24, 2.45) is 0 Å². The molecule has 0 heterocycles. The molecule has 0 N–H and O–H groups in total. The van der Waals surface area contributed by atoms with E-state index in [9.17, 15) is 10.1 Å². The molecule has 0 aliphatic heterocycles. The van der Waals surface area contributed by atoms with Crippen molar-refractivity contribution in [3.05, 3.63) is 22.1 Å². The normalized spacial score (nSPS) is 10.2. The molecule has 0 unspecified atom stereocenters. The van der Waals surface area contributed by atoms with Crippen molar-refractivity contribution in [1.29, 1.82) is 5.26 Å². The molecule has 0 rings (SSSR count). The summed E-state index contributed by atoms with van der Waals surface area (Å²) < 4.78 is 4.52. The van der Waals surface area contributed by atoms with Crippen LogP contribution in [-0.4, -0.2) is 11.5 Å². The van der Waals surface area contributed by atoms with E-state index >= 15 is 0 Å². The van der Waals surface area contributed by atoms with Crippen molar-refractivity contribution in [3.8, 4) is 6.07 Å². The van der Waals surface area contributed by atoms with Gasteiger partial charge in [-0.1, -0.05) is 0 Å². The van der Waals surface area contributed by atoms with E-state index in [1.54, 1.807) is 6.92 Å². The van der Waals surface area contributed by atoms with Crippen LogP contribution >= 0.6 is 0 Å². The Morgan fingerprint density at radius 2 is 2.60 bits per heavy atom. The third-order valence-corrected chi connectivity index (χ3v) is 0.673. The van der Waals surface area contributed by atoms with Gasteiger partial charge in [0.05, 0.1) is 11.5 Å². The number of hydrogen-bond acceptors (Lipinski definition) is 4. The Bertz CT molecular complexity index is 192. The number of hydrogen-bond donors (Lipinski definition) is 0. The molecule has 0 radical (unpaired) electrons. The first kappa shape index (κ1) is 8.43. The zero-order chi connectivity index (χ0) is 7.98. The molecule has 5 nitrogen and oxygen atoms in total. The van der Waals surface area contributed by atoms with Gasteiger partial charge in [0.2, 0.25) is 0 Å². The van der Waals surface area contributed by atoms with Gasteiger partial charge in [-0.15, -0.1) is 0 Å². The largest absolute Gasteiger partial charge is 0.493 e. The lowest BCUT2D eigenvalue weighted by Crippen LogP contribution is -1.96. The summed E-state index contributed by atoms with van der Waals surface area (Å²) in [6.07, 6.45) is 0.833. The summed E-state index contributed by atoms with van der Waals surface area (Å²) in [5, 5.41) is 18.0. The third-order valence-electron chi connectivity index (χ3n) is 0.673. The van der Waals surface area contributed by atoms with Crippen molar-refractivity contribution in [1.82, 2.24) is 0 Å². The average molecular weight is 142 g/mol. The Labute approximate surface area is 57.7 Å². The van der Waals surface area contributed by atoms with Gasteiger partial charge in [0.1, 0.15) is 0 Å². The van der Waals surface area contributed by atoms with Gasteiger partial charge in [-0.25, -0.2) is 0 Å². The van der Waals surface area contributed by atoms with Gasteiger partial charge in [0.15, 0.2) is 12.3 Å². The molecule has 0 saturated heterocycles. The number of rotatable bonds is 3. The Morgan fingerprint density at radius 3 is 2.90 bits per heavy atom. The quantitative estimate of drug-likeness (QED) is 0.251. The highest BCUT2D eigenvalue weighted by Gasteiger charge is 2.07. The van der Waals surface area contributed by atoms with Gasteiger partial charge in [-0.2, -0.15) is 5.26 Å². The van der Waals surface area contributed by atoms with Crippen LogP contribution in [0.2, 0.25) is 0 Å². The molecule has 0 bridgehead atoms. The average Bonchev–Trinajstić information content (AvgIpc) is 1.89. The lowest BCUT2D eigenvalue weighted by molar-refractivity contribution is -0.419. The van der Waals surface area contributed by atoms with E-state index in [-0.39, 0.29) is 0 Å². The Morgan fingerprint density at radius 1 is 2.00 bits per heavy atom. The first-order valence-corrected chi connectivity index (χ1v) is 2.58. The van der Waals surface area contributed by atoms with Crippen LogP contribution in [0.5, 0.6) is 0 Å². The van der Waals surface area contributed by atoms with Gasteiger partial charge in [0.25, 0.3) is 0 Å². The molecule has 10 heavy (non-hydrogen) atoms. The molecule has 0 fully saturated rings. The number of nitro groups is 1. The second-order valence-corrected chi connectivity index (χ2v) is 1.33. The number of nitrogens with zero attached hydrogens (tertiary/aromatic N) is 2. The molecular weight excluding hydrogens is 136 g/mol. The van der Waals surface area contributed by atoms with E-state index < -0.39 is 10.6 Å². The second kappa shape index (κ2) is 4.32. The molecule has 0 amide bonds. The van der Waals surface area contributed by atoms with Crippen LogP contribution in [0.3, 0.4) is 0 Å². The van der Waals surface area contributed by atoms with Crippen LogP contribution in [0.1, 0.15) is 6.92 Å². The zero-order valence-electron chi connectivity index (χ0n) is 5.40. The summed E-state index contributed by atoms with van der Waals surface area (Å²) in [5.74, 6) is 0. The van der Waals surface area contributed by atoms with Crippen LogP contribution in [0.15, 0.2) is 12.0 Å². The van der Waals surface area contributed by atoms with Crippen molar-refractivity contribution < 1.29 is 9.66 Å². The molecule has 5 heteroatoms. The van der Waals surface area contributed by atoms with Gasteiger partial charge in [0, 0.05) is 0 Å². The van der Waals surface area contributed by atoms with E-state index in [4.69, 9.17) is 5.26 Å². The molecular formula is C5H6N2O3. The lowest BCUT2D eigenvalue weighted by Gasteiger charge is -1.89. The van der Waals surface area contributed by atoms with Gasteiger partial charge in [-0.05, 0) is 6.92 Å². The highest BCUT2D eigenvalue weighted by Crippen LogP contribution is 1.92. The standard InChI is InChI=1S/C5H6N2O3/c1-2-10-4-5(3-6)7(8)9/h4H,2H2,1H3. The van der Waals surface area contributed by atoms with Crippen molar-refractivity contribution >= 4 is 0 Å². The van der Waals surface area contributed by atoms with Crippen molar-refractivity contribution in [2.75, 3.05) is 6.61 Å².